The predicted molar refractivity (Wildman–Crippen MR) is 123 cm³/mol. The van der Waals surface area contributed by atoms with Gasteiger partial charge in [0, 0.05) is 0 Å². The van der Waals surface area contributed by atoms with Crippen LogP contribution in [0.3, 0.4) is 0 Å². The average Bonchev–Trinajstić information content (AvgIpc) is 3.38. The van der Waals surface area contributed by atoms with E-state index in [1.807, 2.05) is 0 Å². The lowest BCUT2D eigenvalue weighted by Crippen LogP contribution is -2.54. The van der Waals surface area contributed by atoms with Crippen molar-refractivity contribution in [3.8, 4) is 0 Å². The molecule has 0 saturated heterocycles. The van der Waals surface area contributed by atoms with Crippen LogP contribution in [0.4, 0.5) is 0 Å². The average molecular weight is 469 g/mol. The quantitative estimate of drug-likeness (QED) is 0.611. The molecule has 0 unspecified atom stereocenters. The number of benzene rings is 2. The smallest absolute Gasteiger partial charge is 0.183 e. The molecule has 0 aliphatic heterocycles. The second-order valence-electron chi connectivity index (χ2n) is 10.6. The van der Waals surface area contributed by atoms with Gasteiger partial charge in [-0.15, -0.1) is 0 Å². The molecule has 4 bridgehead atoms. The topological polar surface area (TPSA) is 68.3 Å². The number of fused-ring (bicyclic) bond motifs is 2. The van der Waals surface area contributed by atoms with Gasteiger partial charge < -0.3 is 0 Å². The molecular weight excluding hydrogens is 440 g/mol. The van der Waals surface area contributed by atoms with Crippen LogP contribution in [0.15, 0.2) is 81.6 Å². The number of rotatable bonds is 4. The molecule has 2 aromatic carbocycles. The zero-order chi connectivity index (χ0) is 22.5. The molecular formula is C26H28O4S2. The van der Waals surface area contributed by atoms with Gasteiger partial charge in [-0.2, -0.15) is 0 Å². The third-order valence-electron chi connectivity index (χ3n) is 9.02. The molecule has 6 heteroatoms. The first-order valence-electron chi connectivity index (χ1n) is 11.5. The van der Waals surface area contributed by atoms with Crippen LogP contribution in [0.5, 0.6) is 0 Å². The standard InChI is InChI=1S/C26H28O4S2/c1-26(2)16-13-19-20-15-21(23(19)22(26)14-16)25(32(29,30)18-11-7-4-8-12-18)24(20)31(27,28)17-9-5-3-6-10-17/h3-12,16,20-22,24-25H,13-15H2,1-2H3/t16-,20+,21+,22+,24+,25+/m0/s1. The maximum atomic E-state index is 14.0. The summed E-state index contributed by atoms with van der Waals surface area (Å²) in [6.45, 7) is 4.58. The number of hydrogen-bond acceptors (Lipinski definition) is 4. The number of hydrogen-bond donors (Lipinski definition) is 0. The van der Waals surface area contributed by atoms with Gasteiger partial charge >= 0.3 is 0 Å². The van der Waals surface area contributed by atoms with E-state index in [0.717, 1.165) is 12.8 Å². The Kier molecular flexibility index (Phi) is 4.24. The van der Waals surface area contributed by atoms with Gasteiger partial charge in [-0.1, -0.05) is 61.4 Å². The van der Waals surface area contributed by atoms with Gasteiger partial charge in [0.25, 0.3) is 0 Å². The van der Waals surface area contributed by atoms with Crippen LogP contribution in [-0.2, 0) is 19.7 Å². The molecule has 0 heterocycles. The summed E-state index contributed by atoms with van der Waals surface area (Å²) in [6, 6.07) is 16.8. The molecule has 0 N–H and O–H groups in total. The van der Waals surface area contributed by atoms with Gasteiger partial charge in [0.1, 0.15) is 0 Å². The first-order chi connectivity index (χ1) is 15.1. The van der Waals surface area contributed by atoms with E-state index in [-0.39, 0.29) is 27.0 Å². The van der Waals surface area contributed by atoms with Gasteiger partial charge in [0.15, 0.2) is 19.7 Å². The summed E-state index contributed by atoms with van der Waals surface area (Å²) in [6.07, 6.45) is 2.69. The fourth-order valence-electron chi connectivity index (χ4n) is 7.32. The van der Waals surface area contributed by atoms with Gasteiger partial charge in [-0.25, -0.2) is 16.8 Å². The minimum Gasteiger partial charge on any atom is -0.223 e. The zero-order valence-electron chi connectivity index (χ0n) is 18.3. The van der Waals surface area contributed by atoms with E-state index in [4.69, 9.17) is 0 Å². The molecule has 7 rings (SSSR count). The van der Waals surface area contributed by atoms with E-state index in [0.29, 0.717) is 18.3 Å². The highest BCUT2D eigenvalue weighted by molar-refractivity contribution is 7.96. The van der Waals surface area contributed by atoms with Crippen molar-refractivity contribution in [1.29, 1.82) is 0 Å². The molecule has 0 radical (unpaired) electrons. The molecule has 32 heavy (non-hydrogen) atoms. The van der Waals surface area contributed by atoms with Gasteiger partial charge in [0.2, 0.25) is 0 Å². The lowest BCUT2D eigenvalue weighted by molar-refractivity contribution is -0.0165. The lowest BCUT2D eigenvalue weighted by atomic mass is 9.46. The largest absolute Gasteiger partial charge is 0.223 e. The monoisotopic (exact) mass is 468 g/mol. The van der Waals surface area contributed by atoms with Crippen molar-refractivity contribution in [2.45, 2.75) is 53.4 Å². The maximum Gasteiger partial charge on any atom is 0.183 e. The van der Waals surface area contributed by atoms with E-state index in [2.05, 4.69) is 13.8 Å². The third kappa shape index (κ3) is 2.54. The molecule has 168 valence electrons. The molecule has 0 aromatic heterocycles. The highest BCUT2D eigenvalue weighted by Crippen LogP contribution is 2.70. The molecule has 2 fully saturated rings. The Morgan fingerprint density at radius 2 is 1.22 bits per heavy atom. The van der Waals surface area contributed by atoms with Crippen LogP contribution in [0, 0.1) is 29.1 Å². The Hall–Kier alpha value is -1.92. The fourth-order valence-corrected chi connectivity index (χ4v) is 12.4. The van der Waals surface area contributed by atoms with Gasteiger partial charge in [-0.3, -0.25) is 0 Å². The summed E-state index contributed by atoms with van der Waals surface area (Å²) >= 11 is 0. The Bertz CT molecular complexity index is 1320. The van der Waals surface area contributed by atoms with Crippen molar-refractivity contribution in [3.05, 3.63) is 71.8 Å². The highest BCUT2D eigenvalue weighted by Gasteiger charge is 2.67. The minimum absolute atomic E-state index is 0.179. The summed E-state index contributed by atoms with van der Waals surface area (Å²) in [5.74, 6) is 0.578. The number of allylic oxidation sites excluding steroid dienone is 2. The summed E-state index contributed by atoms with van der Waals surface area (Å²) in [7, 11) is -7.62. The summed E-state index contributed by atoms with van der Waals surface area (Å²) in [4.78, 5) is 0.462. The van der Waals surface area contributed by atoms with Crippen LogP contribution >= 0.6 is 0 Å². The van der Waals surface area contributed by atoms with Crippen LogP contribution in [0.1, 0.15) is 33.1 Å². The third-order valence-corrected chi connectivity index (χ3v) is 13.7. The van der Waals surface area contributed by atoms with Crippen LogP contribution in [-0.4, -0.2) is 27.3 Å². The van der Waals surface area contributed by atoms with Gasteiger partial charge in [-0.05, 0) is 72.6 Å². The zero-order valence-corrected chi connectivity index (χ0v) is 19.9. The number of sulfone groups is 2. The van der Waals surface area contributed by atoms with Crippen molar-refractivity contribution in [2.24, 2.45) is 29.1 Å². The molecule has 4 nitrogen and oxygen atoms in total. The van der Waals surface area contributed by atoms with Crippen molar-refractivity contribution < 1.29 is 16.8 Å². The second kappa shape index (κ2) is 6.57. The van der Waals surface area contributed by atoms with Crippen LogP contribution in [0.25, 0.3) is 0 Å². The van der Waals surface area contributed by atoms with Crippen LogP contribution in [0.2, 0.25) is 0 Å². The normalized spacial score (nSPS) is 34.8. The molecule has 6 atom stereocenters. The Balaban J connectivity index is 1.54. The van der Waals surface area contributed by atoms with E-state index < -0.39 is 30.2 Å². The Morgan fingerprint density at radius 3 is 1.72 bits per heavy atom. The van der Waals surface area contributed by atoms with E-state index in [9.17, 15) is 16.8 Å². The van der Waals surface area contributed by atoms with E-state index >= 15 is 0 Å². The molecule has 5 aliphatic carbocycles. The summed E-state index contributed by atoms with van der Waals surface area (Å²) in [5, 5.41) is -1.84. The Labute approximate surface area is 190 Å². The Morgan fingerprint density at radius 1 is 0.719 bits per heavy atom. The van der Waals surface area contributed by atoms with E-state index in [1.165, 1.54) is 11.1 Å². The molecule has 0 spiro atoms. The fraction of sp³-hybridized carbons (Fsp3) is 0.462. The maximum absolute atomic E-state index is 14.0. The van der Waals surface area contributed by atoms with Crippen molar-refractivity contribution in [1.82, 2.24) is 0 Å². The first-order valence-corrected chi connectivity index (χ1v) is 14.5. The van der Waals surface area contributed by atoms with Gasteiger partial charge in [0.05, 0.1) is 20.3 Å². The van der Waals surface area contributed by atoms with Crippen molar-refractivity contribution in [3.63, 3.8) is 0 Å². The molecule has 2 aromatic rings. The second-order valence-corrected chi connectivity index (χ2v) is 14.8. The van der Waals surface area contributed by atoms with E-state index in [1.54, 1.807) is 60.7 Å². The SMILES string of the molecule is CC1(C)[C@H]2CC3=C([C@H]4C[C@H]3[C@@H](S(=O)(=O)c3ccccc3)[C@@H]4S(=O)(=O)c3ccccc3)[C@H]1C2. The van der Waals surface area contributed by atoms with Crippen molar-refractivity contribution in [2.75, 3.05) is 0 Å². The lowest BCUT2D eigenvalue weighted by Gasteiger charge is -2.59. The predicted octanol–water partition coefficient (Wildman–Crippen LogP) is 4.68. The van der Waals surface area contributed by atoms with Crippen molar-refractivity contribution >= 4 is 19.7 Å². The van der Waals surface area contributed by atoms with Crippen LogP contribution < -0.4 is 0 Å². The summed E-state index contributed by atoms with van der Waals surface area (Å²) < 4.78 is 55.8. The summed E-state index contributed by atoms with van der Waals surface area (Å²) in [5.41, 5.74) is 2.75. The first kappa shape index (κ1) is 20.7. The molecule has 2 saturated carbocycles. The molecule has 5 aliphatic rings. The highest BCUT2D eigenvalue weighted by atomic mass is 32.2. The minimum atomic E-state index is -3.82. The molecule has 0 amide bonds.